The fourth-order valence-electron chi connectivity index (χ4n) is 2.94. The molecule has 1 aliphatic heterocycles. The van der Waals surface area contributed by atoms with Crippen LogP contribution in [-0.2, 0) is 16.8 Å². The van der Waals surface area contributed by atoms with E-state index in [2.05, 4.69) is 42.3 Å². The molecule has 0 amide bonds. The molecule has 0 spiro atoms. The monoisotopic (exact) mass is 324 g/mol. The molecule has 2 N–H and O–H groups in total. The summed E-state index contributed by atoms with van der Waals surface area (Å²) >= 11 is 0. The Bertz CT molecular complexity index is 461. The predicted octanol–water partition coefficient (Wildman–Crippen LogP) is 1.20. The van der Waals surface area contributed by atoms with Crippen molar-refractivity contribution in [3.05, 3.63) is 18.0 Å². The van der Waals surface area contributed by atoms with Crippen LogP contribution in [0.1, 0.15) is 39.2 Å². The van der Waals surface area contributed by atoms with E-state index in [9.17, 15) is 5.11 Å². The molecular formula is C17H32N4O2. The van der Waals surface area contributed by atoms with Gasteiger partial charge in [-0.1, -0.05) is 0 Å². The van der Waals surface area contributed by atoms with Gasteiger partial charge in [-0.05, 0) is 46.7 Å². The summed E-state index contributed by atoms with van der Waals surface area (Å²) in [5.74, 6) is 0. The van der Waals surface area contributed by atoms with E-state index in [1.54, 1.807) is 7.11 Å². The van der Waals surface area contributed by atoms with Crippen LogP contribution in [0.3, 0.4) is 0 Å². The summed E-state index contributed by atoms with van der Waals surface area (Å²) in [6, 6.07) is 0.545. The second-order valence-electron chi connectivity index (χ2n) is 7.53. The summed E-state index contributed by atoms with van der Waals surface area (Å²) in [5.41, 5.74) is 1.27. The van der Waals surface area contributed by atoms with Crippen molar-refractivity contribution in [2.24, 2.45) is 0 Å². The number of aromatic nitrogens is 2. The minimum absolute atomic E-state index is 0.0344. The summed E-state index contributed by atoms with van der Waals surface area (Å²) in [6.07, 6.45) is 5.94. The first-order chi connectivity index (χ1) is 10.9. The van der Waals surface area contributed by atoms with E-state index in [-0.39, 0.29) is 11.6 Å². The number of hydrogen-bond acceptors (Lipinski definition) is 5. The van der Waals surface area contributed by atoms with Gasteiger partial charge >= 0.3 is 0 Å². The molecule has 1 atom stereocenters. The standard InChI is InChI=1S/C17H32N4O2/c1-17(2,3)21-11-14(10-19-21)9-18-15-5-7-20(8-6-15)12-16(22)13-23-4/h10-11,15-16,18,22H,5-9,12-13H2,1-4H3. The molecule has 0 aromatic carbocycles. The molecule has 1 saturated heterocycles. The van der Waals surface area contributed by atoms with Gasteiger partial charge in [0.05, 0.1) is 24.4 Å². The van der Waals surface area contributed by atoms with Gasteiger partial charge in [-0.15, -0.1) is 0 Å². The summed E-state index contributed by atoms with van der Waals surface area (Å²) < 4.78 is 7.00. The Labute approximate surface area is 139 Å². The normalized spacial score (nSPS) is 19.2. The third kappa shape index (κ3) is 5.88. The van der Waals surface area contributed by atoms with Crippen LogP contribution in [0.15, 0.2) is 12.4 Å². The second kappa shape index (κ2) is 8.24. The van der Waals surface area contributed by atoms with E-state index < -0.39 is 0 Å². The van der Waals surface area contributed by atoms with Gasteiger partial charge in [-0.3, -0.25) is 4.68 Å². The fraction of sp³-hybridized carbons (Fsp3) is 0.824. The molecule has 2 rings (SSSR count). The van der Waals surface area contributed by atoms with E-state index in [4.69, 9.17) is 4.74 Å². The number of hydrogen-bond donors (Lipinski definition) is 2. The van der Waals surface area contributed by atoms with Crippen LogP contribution < -0.4 is 5.32 Å². The van der Waals surface area contributed by atoms with Crippen LogP contribution in [0.4, 0.5) is 0 Å². The summed E-state index contributed by atoms with van der Waals surface area (Å²) in [4.78, 5) is 2.32. The van der Waals surface area contributed by atoms with Gasteiger partial charge < -0.3 is 20.1 Å². The lowest BCUT2D eigenvalue weighted by Gasteiger charge is -2.33. The first kappa shape index (κ1) is 18.4. The number of ether oxygens (including phenoxy) is 1. The molecule has 1 aliphatic rings. The van der Waals surface area contributed by atoms with Crippen molar-refractivity contribution in [3.63, 3.8) is 0 Å². The number of methoxy groups -OCH3 is 1. The maximum absolute atomic E-state index is 9.80. The molecule has 0 radical (unpaired) electrons. The summed E-state index contributed by atoms with van der Waals surface area (Å²) in [5, 5.41) is 17.9. The van der Waals surface area contributed by atoms with Gasteiger partial charge in [-0.2, -0.15) is 5.10 Å². The Balaban J connectivity index is 1.69. The molecule has 0 saturated carbocycles. The summed E-state index contributed by atoms with van der Waals surface area (Å²) in [7, 11) is 1.63. The Morgan fingerprint density at radius 3 is 2.65 bits per heavy atom. The molecule has 1 fully saturated rings. The highest BCUT2D eigenvalue weighted by Gasteiger charge is 2.21. The van der Waals surface area contributed by atoms with Crippen molar-refractivity contribution in [3.8, 4) is 0 Å². The van der Waals surface area contributed by atoms with Gasteiger partial charge in [0, 0.05) is 38.0 Å². The third-order valence-electron chi connectivity index (χ3n) is 4.33. The SMILES string of the molecule is COCC(O)CN1CCC(NCc2cnn(C(C)(C)C)c2)CC1. The van der Waals surface area contributed by atoms with Gasteiger partial charge in [0.25, 0.3) is 0 Å². The molecule has 1 aromatic rings. The topological polar surface area (TPSA) is 62.6 Å². The van der Waals surface area contributed by atoms with Crippen molar-refractivity contribution in [2.45, 2.75) is 57.8 Å². The van der Waals surface area contributed by atoms with Crippen molar-refractivity contribution < 1.29 is 9.84 Å². The zero-order valence-electron chi connectivity index (χ0n) is 15.0. The number of likely N-dealkylation sites (tertiary alicyclic amines) is 1. The molecular weight excluding hydrogens is 292 g/mol. The number of nitrogens with one attached hydrogen (secondary N) is 1. The van der Waals surface area contributed by atoms with E-state index in [1.807, 2.05) is 10.9 Å². The largest absolute Gasteiger partial charge is 0.389 e. The summed E-state index contributed by atoms with van der Waals surface area (Å²) in [6.45, 7) is 10.5. The number of rotatable bonds is 7. The lowest BCUT2D eigenvalue weighted by Crippen LogP contribution is -2.45. The van der Waals surface area contributed by atoms with Gasteiger partial charge in [0.15, 0.2) is 0 Å². The van der Waals surface area contributed by atoms with Crippen LogP contribution in [0.2, 0.25) is 0 Å². The molecule has 2 heterocycles. The number of nitrogens with zero attached hydrogens (tertiary/aromatic N) is 3. The molecule has 0 aliphatic carbocycles. The Morgan fingerprint density at radius 2 is 2.09 bits per heavy atom. The van der Waals surface area contributed by atoms with Crippen LogP contribution in [0.5, 0.6) is 0 Å². The average Bonchev–Trinajstić information content (AvgIpc) is 2.96. The zero-order chi connectivity index (χ0) is 16.9. The smallest absolute Gasteiger partial charge is 0.0900 e. The molecule has 1 unspecified atom stereocenters. The fourth-order valence-corrected chi connectivity index (χ4v) is 2.94. The van der Waals surface area contributed by atoms with Gasteiger partial charge in [0.2, 0.25) is 0 Å². The predicted molar refractivity (Wildman–Crippen MR) is 91.4 cm³/mol. The van der Waals surface area contributed by atoms with Crippen molar-refractivity contribution in [1.82, 2.24) is 20.0 Å². The molecule has 132 valence electrons. The van der Waals surface area contributed by atoms with Gasteiger partial charge in [-0.25, -0.2) is 0 Å². The van der Waals surface area contributed by atoms with E-state index >= 15 is 0 Å². The Kier molecular flexibility index (Phi) is 6.59. The van der Waals surface area contributed by atoms with E-state index in [0.717, 1.165) is 32.5 Å². The van der Waals surface area contributed by atoms with Crippen LogP contribution in [-0.4, -0.2) is 65.3 Å². The minimum atomic E-state index is -0.382. The minimum Gasteiger partial charge on any atom is -0.389 e. The number of β-amino-alcohol motifs (C(OH)–C–C–N with tert-alkyl or cyclic N) is 1. The first-order valence-corrected chi connectivity index (χ1v) is 8.55. The lowest BCUT2D eigenvalue weighted by atomic mass is 10.0. The Morgan fingerprint density at radius 1 is 1.39 bits per heavy atom. The zero-order valence-corrected chi connectivity index (χ0v) is 15.0. The first-order valence-electron chi connectivity index (χ1n) is 8.55. The molecule has 0 bridgehead atoms. The highest BCUT2D eigenvalue weighted by molar-refractivity contribution is 5.05. The maximum Gasteiger partial charge on any atom is 0.0900 e. The average molecular weight is 324 g/mol. The molecule has 23 heavy (non-hydrogen) atoms. The second-order valence-corrected chi connectivity index (χ2v) is 7.53. The quantitative estimate of drug-likeness (QED) is 0.789. The van der Waals surface area contributed by atoms with E-state index in [1.165, 1.54) is 5.56 Å². The van der Waals surface area contributed by atoms with Crippen LogP contribution in [0, 0.1) is 0 Å². The van der Waals surface area contributed by atoms with Gasteiger partial charge in [0.1, 0.15) is 0 Å². The highest BCUT2D eigenvalue weighted by Crippen LogP contribution is 2.14. The maximum atomic E-state index is 9.80. The van der Waals surface area contributed by atoms with Crippen molar-refractivity contribution in [2.75, 3.05) is 33.4 Å². The Hall–Kier alpha value is -0.950. The molecule has 6 nitrogen and oxygen atoms in total. The lowest BCUT2D eigenvalue weighted by molar-refractivity contribution is 0.0310. The van der Waals surface area contributed by atoms with Crippen LogP contribution >= 0.6 is 0 Å². The number of piperidine rings is 1. The van der Waals surface area contributed by atoms with E-state index in [0.29, 0.717) is 19.2 Å². The van der Waals surface area contributed by atoms with Crippen LogP contribution in [0.25, 0.3) is 0 Å². The number of aliphatic hydroxyl groups excluding tert-OH is 1. The number of aliphatic hydroxyl groups is 1. The van der Waals surface area contributed by atoms with Crippen molar-refractivity contribution in [1.29, 1.82) is 0 Å². The van der Waals surface area contributed by atoms with Crippen molar-refractivity contribution >= 4 is 0 Å². The highest BCUT2D eigenvalue weighted by atomic mass is 16.5. The molecule has 1 aromatic heterocycles. The molecule has 6 heteroatoms. The third-order valence-corrected chi connectivity index (χ3v) is 4.33.